The largest absolute Gasteiger partial charge is 0.462 e. The number of hydrogen-bond donors (Lipinski definition) is 0. The number of carbonyl (C=O) groups excluding carboxylic acids is 1. The summed E-state index contributed by atoms with van der Waals surface area (Å²) in [6, 6.07) is 5.77. The molecule has 1 unspecified atom stereocenters. The molecule has 0 aliphatic heterocycles. The summed E-state index contributed by atoms with van der Waals surface area (Å²) in [7, 11) is 1.66. The molecule has 28 heavy (non-hydrogen) atoms. The molecule has 1 aliphatic rings. The number of nitrogens with zero attached hydrogens (tertiary/aromatic N) is 3. The van der Waals surface area contributed by atoms with Gasteiger partial charge in [-0.05, 0) is 30.0 Å². The fourth-order valence-corrected chi connectivity index (χ4v) is 3.58. The lowest BCUT2D eigenvalue weighted by atomic mass is 9.99. The first-order chi connectivity index (χ1) is 13.7. The smallest absolute Gasteiger partial charge is 0.340 e. The SMILES string of the molecule is CCCCC(CC)COC(=O)C(/C=N/C)=C1/c2ccncc2-c2ncccc21. The predicted octanol–water partition coefficient (Wildman–Crippen LogP) is 4.72. The molecule has 2 aromatic heterocycles. The minimum absolute atomic E-state index is 0.338. The number of ether oxygens (including phenoxy) is 1. The highest BCUT2D eigenvalue weighted by Crippen LogP contribution is 2.43. The molecule has 0 saturated heterocycles. The van der Waals surface area contributed by atoms with E-state index >= 15 is 0 Å². The number of rotatable bonds is 8. The van der Waals surface area contributed by atoms with Crippen molar-refractivity contribution in [3.8, 4) is 11.3 Å². The summed E-state index contributed by atoms with van der Waals surface area (Å²) in [5.74, 6) is 0.0535. The van der Waals surface area contributed by atoms with Gasteiger partial charge in [-0.25, -0.2) is 4.79 Å². The Bertz CT molecular complexity index is 855. The van der Waals surface area contributed by atoms with E-state index in [0.29, 0.717) is 18.1 Å². The van der Waals surface area contributed by atoms with Crippen LogP contribution in [0.25, 0.3) is 16.8 Å². The number of fused-ring (bicyclic) bond motifs is 3. The number of carbonyl (C=O) groups is 1. The van der Waals surface area contributed by atoms with Crippen LogP contribution in [0.15, 0.2) is 47.4 Å². The highest BCUT2D eigenvalue weighted by atomic mass is 16.5. The number of unbranched alkanes of at least 4 members (excludes halogenated alkanes) is 1. The van der Waals surface area contributed by atoms with Crippen LogP contribution in [-0.4, -0.2) is 35.8 Å². The standard InChI is InChI=1S/C23H27N3O2/c1-4-6-8-16(5-2)15-28-23(27)20(13-24-3)21-17-10-12-25-14-19(17)22-18(21)9-7-11-26-22/h7,9-14,16H,4-6,8,15H2,1-3H3/b21-20-,24-13+. The van der Waals surface area contributed by atoms with E-state index in [1.165, 1.54) is 0 Å². The molecule has 0 aromatic carbocycles. The highest BCUT2D eigenvalue weighted by Gasteiger charge is 2.29. The molecule has 0 bridgehead atoms. The van der Waals surface area contributed by atoms with Crippen molar-refractivity contribution >= 4 is 17.8 Å². The third-order valence-electron chi connectivity index (χ3n) is 5.16. The summed E-state index contributed by atoms with van der Waals surface area (Å²) in [4.78, 5) is 25.9. The van der Waals surface area contributed by atoms with Gasteiger partial charge >= 0.3 is 5.97 Å². The van der Waals surface area contributed by atoms with Gasteiger partial charge in [-0.3, -0.25) is 15.0 Å². The molecule has 1 atom stereocenters. The fourth-order valence-electron chi connectivity index (χ4n) is 3.58. The van der Waals surface area contributed by atoms with Crippen LogP contribution in [0.4, 0.5) is 0 Å². The van der Waals surface area contributed by atoms with E-state index in [-0.39, 0.29) is 5.97 Å². The van der Waals surface area contributed by atoms with E-state index in [2.05, 4.69) is 28.8 Å². The molecule has 0 fully saturated rings. The summed E-state index contributed by atoms with van der Waals surface area (Å²) in [5.41, 5.74) is 4.90. The maximum Gasteiger partial charge on any atom is 0.340 e. The molecule has 2 aromatic rings. The highest BCUT2D eigenvalue weighted by molar-refractivity contribution is 6.21. The third-order valence-corrected chi connectivity index (χ3v) is 5.16. The Labute approximate surface area is 166 Å². The molecule has 0 N–H and O–H groups in total. The normalized spacial score (nSPS) is 15.2. The van der Waals surface area contributed by atoms with Gasteiger partial charge in [0.05, 0.1) is 17.9 Å². The second kappa shape index (κ2) is 9.40. The summed E-state index contributed by atoms with van der Waals surface area (Å²) >= 11 is 0. The van der Waals surface area contributed by atoms with E-state index < -0.39 is 0 Å². The predicted molar refractivity (Wildman–Crippen MR) is 112 cm³/mol. The average Bonchev–Trinajstić information content (AvgIpc) is 3.06. The van der Waals surface area contributed by atoms with Crippen molar-refractivity contribution in [2.24, 2.45) is 10.9 Å². The van der Waals surface area contributed by atoms with Crippen LogP contribution in [0.1, 0.15) is 50.7 Å². The van der Waals surface area contributed by atoms with Crippen molar-refractivity contribution in [1.29, 1.82) is 0 Å². The van der Waals surface area contributed by atoms with E-state index in [1.807, 2.05) is 18.2 Å². The Morgan fingerprint density at radius 1 is 1.21 bits per heavy atom. The Kier molecular flexibility index (Phi) is 6.69. The lowest BCUT2D eigenvalue weighted by molar-refractivity contribution is -0.139. The zero-order valence-electron chi connectivity index (χ0n) is 16.8. The summed E-state index contributed by atoms with van der Waals surface area (Å²) < 4.78 is 5.73. The van der Waals surface area contributed by atoms with E-state index in [1.54, 1.807) is 31.9 Å². The Morgan fingerprint density at radius 2 is 2.07 bits per heavy atom. The first kappa shape index (κ1) is 19.9. The van der Waals surface area contributed by atoms with Gasteiger partial charge in [0.2, 0.25) is 0 Å². The van der Waals surface area contributed by atoms with Crippen LogP contribution >= 0.6 is 0 Å². The van der Waals surface area contributed by atoms with Gasteiger partial charge in [0.25, 0.3) is 0 Å². The van der Waals surface area contributed by atoms with E-state index in [0.717, 1.165) is 53.6 Å². The van der Waals surface area contributed by atoms with E-state index in [4.69, 9.17) is 4.74 Å². The lowest BCUT2D eigenvalue weighted by Gasteiger charge is -2.16. The number of hydrogen-bond acceptors (Lipinski definition) is 5. The first-order valence-electron chi connectivity index (χ1n) is 9.94. The van der Waals surface area contributed by atoms with Crippen LogP contribution in [-0.2, 0) is 9.53 Å². The minimum Gasteiger partial charge on any atom is -0.462 e. The molecule has 3 rings (SSSR count). The van der Waals surface area contributed by atoms with Crippen LogP contribution in [0.2, 0.25) is 0 Å². The first-order valence-corrected chi connectivity index (χ1v) is 9.94. The van der Waals surface area contributed by atoms with Gasteiger partial charge in [0, 0.05) is 48.6 Å². The van der Waals surface area contributed by atoms with Gasteiger partial charge < -0.3 is 4.74 Å². The van der Waals surface area contributed by atoms with Crippen LogP contribution in [0, 0.1) is 5.92 Å². The van der Waals surface area contributed by atoms with Crippen molar-refractivity contribution in [1.82, 2.24) is 9.97 Å². The molecule has 146 valence electrons. The van der Waals surface area contributed by atoms with Crippen molar-refractivity contribution in [2.75, 3.05) is 13.7 Å². The van der Waals surface area contributed by atoms with Crippen molar-refractivity contribution in [3.63, 3.8) is 0 Å². The van der Waals surface area contributed by atoms with Gasteiger partial charge in [0.15, 0.2) is 0 Å². The molecule has 5 nitrogen and oxygen atoms in total. The number of aliphatic imine (C=N–C) groups is 1. The van der Waals surface area contributed by atoms with E-state index in [9.17, 15) is 4.79 Å². The van der Waals surface area contributed by atoms with Crippen LogP contribution in [0.3, 0.4) is 0 Å². The second-order valence-electron chi connectivity index (χ2n) is 7.01. The van der Waals surface area contributed by atoms with Gasteiger partial charge in [-0.1, -0.05) is 39.2 Å². The van der Waals surface area contributed by atoms with Gasteiger partial charge in [-0.15, -0.1) is 0 Å². The molecular weight excluding hydrogens is 350 g/mol. The zero-order valence-corrected chi connectivity index (χ0v) is 16.8. The van der Waals surface area contributed by atoms with Crippen LogP contribution in [0.5, 0.6) is 0 Å². The minimum atomic E-state index is -0.338. The molecule has 2 heterocycles. The molecule has 1 aliphatic carbocycles. The van der Waals surface area contributed by atoms with Crippen LogP contribution < -0.4 is 0 Å². The zero-order chi connectivity index (χ0) is 19.9. The van der Waals surface area contributed by atoms with Crippen molar-refractivity contribution < 1.29 is 9.53 Å². The summed E-state index contributed by atoms with van der Waals surface area (Å²) in [5, 5.41) is 0. The van der Waals surface area contributed by atoms with Crippen molar-refractivity contribution in [3.05, 3.63) is 53.5 Å². The molecule has 0 radical (unpaired) electrons. The number of esters is 1. The maximum absolute atomic E-state index is 13.0. The second-order valence-corrected chi connectivity index (χ2v) is 7.01. The fraction of sp³-hybridized carbons (Fsp3) is 0.391. The quantitative estimate of drug-likeness (QED) is 0.324. The van der Waals surface area contributed by atoms with Crippen molar-refractivity contribution in [2.45, 2.75) is 39.5 Å². The monoisotopic (exact) mass is 377 g/mol. The molecule has 0 spiro atoms. The molecule has 0 amide bonds. The molecule has 0 saturated carbocycles. The number of aromatic nitrogens is 2. The lowest BCUT2D eigenvalue weighted by Crippen LogP contribution is -2.17. The Hall–Kier alpha value is -2.82. The maximum atomic E-state index is 13.0. The Balaban J connectivity index is 1.97. The average molecular weight is 377 g/mol. The topological polar surface area (TPSA) is 64.4 Å². The van der Waals surface area contributed by atoms with Gasteiger partial charge in [-0.2, -0.15) is 0 Å². The summed E-state index contributed by atoms with van der Waals surface area (Å²) in [6.45, 7) is 4.76. The van der Waals surface area contributed by atoms with Gasteiger partial charge in [0.1, 0.15) is 0 Å². The third kappa shape index (κ3) is 4.03. The molecule has 5 heteroatoms. The molecular formula is C23H27N3O2. The number of pyridine rings is 2. The Morgan fingerprint density at radius 3 is 2.82 bits per heavy atom. The summed E-state index contributed by atoms with van der Waals surface area (Å²) in [6.07, 6.45) is 11.3.